The molecule has 0 radical (unpaired) electrons. The molecule has 0 spiro atoms. The van der Waals surface area contributed by atoms with Crippen LogP contribution in [0.2, 0.25) is 0 Å². The zero-order chi connectivity index (χ0) is 36.1. The van der Waals surface area contributed by atoms with Gasteiger partial charge >= 0.3 is 12.1 Å². The number of carboxylic acids is 1. The highest BCUT2D eigenvalue weighted by Gasteiger charge is 2.38. The number of ether oxygens (including phenoxy) is 2. The number of methoxy groups -OCH3 is 1. The van der Waals surface area contributed by atoms with Crippen LogP contribution in [0.1, 0.15) is 29.5 Å². The molecule has 260 valence electrons. The Hall–Kier alpha value is -5.88. The first-order valence-electron chi connectivity index (χ1n) is 15.5. The number of benzene rings is 5. The number of alkyl halides is 3. The highest BCUT2D eigenvalue weighted by molar-refractivity contribution is 5.97. The largest absolute Gasteiger partial charge is 0.497 e. The summed E-state index contributed by atoms with van der Waals surface area (Å²) in [6.45, 7) is 1.08. The number of rotatable bonds is 12. The van der Waals surface area contributed by atoms with E-state index < -0.39 is 12.1 Å². The number of hydrogen-bond donors (Lipinski definition) is 3. The van der Waals surface area contributed by atoms with Crippen molar-refractivity contribution >= 4 is 34.2 Å². The summed E-state index contributed by atoms with van der Waals surface area (Å²) in [4.78, 5) is 37.3. The van der Waals surface area contributed by atoms with Crippen molar-refractivity contribution in [2.45, 2.75) is 38.7 Å². The van der Waals surface area contributed by atoms with Gasteiger partial charge in [0.15, 0.2) is 5.75 Å². The van der Waals surface area contributed by atoms with Crippen LogP contribution >= 0.6 is 0 Å². The zero-order valence-corrected chi connectivity index (χ0v) is 27.2. The first-order valence-corrected chi connectivity index (χ1v) is 15.5. The molecule has 2 amide bonds. The predicted octanol–water partition coefficient (Wildman–Crippen LogP) is 7.36. The van der Waals surface area contributed by atoms with Gasteiger partial charge in [-0.2, -0.15) is 13.2 Å². The molecule has 0 aromatic heterocycles. The van der Waals surface area contributed by atoms with Gasteiger partial charge < -0.3 is 30.5 Å². The van der Waals surface area contributed by atoms with Crippen molar-refractivity contribution in [2.75, 3.05) is 12.0 Å². The van der Waals surface area contributed by atoms with Crippen molar-refractivity contribution < 1.29 is 42.1 Å². The van der Waals surface area contributed by atoms with E-state index in [9.17, 15) is 22.8 Å². The third-order valence-corrected chi connectivity index (χ3v) is 7.48. The molecule has 12 heteroatoms. The first kappa shape index (κ1) is 36.9. The summed E-state index contributed by atoms with van der Waals surface area (Å²) in [5, 5.41) is 12.2. The first-order chi connectivity index (χ1) is 24.0. The Bertz CT molecular complexity index is 1910. The Balaban J connectivity index is 0.000000727. The van der Waals surface area contributed by atoms with Crippen LogP contribution in [0.3, 0.4) is 0 Å². The topological polar surface area (TPSA) is 131 Å². The lowest BCUT2D eigenvalue weighted by Crippen LogP contribution is -2.32. The van der Waals surface area contributed by atoms with Gasteiger partial charge in [0.2, 0.25) is 11.8 Å². The van der Waals surface area contributed by atoms with E-state index in [0.717, 1.165) is 33.2 Å². The van der Waals surface area contributed by atoms with Crippen LogP contribution < -0.4 is 25.4 Å². The van der Waals surface area contributed by atoms with Gasteiger partial charge in [-0.15, -0.1) is 0 Å². The van der Waals surface area contributed by atoms with Gasteiger partial charge in [0.25, 0.3) is 0 Å². The fourth-order valence-corrected chi connectivity index (χ4v) is 4.93. The van der Waals surface area contributed by atoms with Gasteiger partial charge in [0.05, 0.1) is 19.3 Å². The lowest BCUT2D eigenvalue weighted by molar-refractivity contribution is -0.192. The number of hydrogen-bond acceptors (Lipinski definition) is 6. The third-order valence-electron chi connectivity index (χ3n) is 7.48. The molecule has 0 heterocycles. The molecule has 0 atom stereocenters. The second-order valence-electron chi connectivity index (χ2n) is 11.0. The summed E-state index contributed by atoms with van der Waals surface area (Å²) in [6, 6.07) is 36.7. The van der Waals surface area contributed by atoms with E-state index in [-0.39, 0.29) is 24.7 Å². The molecule has 0 fully saturated rings. The van der Waals surface area contributed by atoms with Crippen LogP contribution in [0.5, 0.6) is 17.2 Å². The number of halogens is 3. The maximum atomic E-state index is 13.9. The molecule has 0 aliphatic rings. The van der Waals surface area contributed by atoms with Gasteiger partial charge in [-0.05, 0) is 63.9 Å². The van der Waals surface area contributed by atoms with Crippen LogP contribution in [0, 0.1) is 0 Å². The molecular weight excluding hydrogens is 651 g/mol. The Morgan fingerprint density at radius 3 is 2.16 bits per heavy atom. The summed E-state index contributed by atoms with van der Waals surface area (Å²) < 4.78 is 43.2. The zero-order valence-electron chi connectivity index (χ0n) is 27.2. The molecule has 0 unspecified atom stereocenters. The van der Waals surface area contributed by atoms with E-state index in [4.69, 9.17) is 25.1 Å². The maximum absolute atomic E-state index is 13.9. The molecule has 0 bridgehead atoms. The Labute approximate surface area is 287 Å². The molecular formula is C38H36F3N3O6. The number of para-hydroxylation sites is 2. The summed E-state index contributed by atoms with van der Waals surface area (Å²) in [5.41, 5.74) is 9.35. The van der Waals surface area contributed by atoms with E-state index in [2.05, 4.69) is 23.5 Å². The number of fused-ring (bicyclic) bond motifs is 1. The smallest absolute Gasteiger partial charge is 0.490 e. The summed E-state index contributed by atoms with van der Waals surface area (Å²) >= 11 is 0. The fourth-order valence-electron chi connectivity index (χ4n) is 4.93. The van der Waals surface area contributed by atoms with Crippen molar-refractivity contribution in [3.05, 3.63) is 132 Å². The standard InChI is InChI=1S/C36H35N3O4.C2HF3O2/c1-42-30-18-16-26(17-19-30)24-38-35(40)20-21-36(41)39(25-29-11-7-10-28-9-2-3-13-32(28)29)33-14-4-5-15-34(33)43-31-12-6-8-27(22-31)23-37;3-2(4,5)1(6)7/h2-19,22H,20-21,23-25,37H2,1H3,(H,38,40);(H,6,7). The number of carbonyl (C=O) groups excluding carboxylic acids is 2. The SMILES string of the molecule is COc1ccc(CNC(=O)CCC(=O)N(Cc2cccc3ccccc23)c2ccccc2Oc2cccc(CN)c2)cc1.O=C(O)C(F)(F)F. The molecule has 0 saturated heterocycles. The number of carboxylic acid groups (broad SMARTS) is 1. The number of nitrogens with two attached hydrogens (primary N) is 1. The van der Waals surface area contributed by atoms with Crippen molar-refractivity contribution in [1.29, 1.82) is 0 Å². The minimum atomic E-state index is -5.08. The summed E-state index contributed by atoms with van der Waals surface area (Å²) in [6.07, 6.45) is -4.99. The highest BCUT2D eigenvalue weighted by atomic mass is 19.4. The highest BCUT2D eigenvalue weighted by Crippen LogP contribution is 2.35. The van der Waals surface area contributed by atoms with Gasteiger partial charge in [-0.25, -0.2) is 4.79 Å². The van der Waals surface area contributed by atoms with E-state index in [1.807, 2.05) is 97.1 Å². The average Bonchev–Trinajstić information content (AvgIpc) is 3.12. The number of amides is 2. The maximum Gasteiger partial charge on any atom is 0.490 e. The van der Waals surface area contributed by atoms with Crippen LogP contribution in [0.15, 0.2) is 115 Å². The van der Waals surface area contributed by atoms with E-state index in [1.165, 1.54) is 0 Å². The number of nitrogens with one attached hydrogen (secondary N) is 1. The fraction of sp³-hybridized carbons (Fsp3) is 0.184. The molecule has 9 nitrogen and oxygen atoms in total. The quantitative estimate of drug-likeness (QED) is 0.125. The Kier molecular flexibility index (Phi) is 12.9. The van der Waals surface area contributed by atoms with E-state index in [1.54, 1.807) is 12.0 Å². The Morgan fingerprint density at radius 2 is 1.46 bits per heavy atom. The molecule has 4 N–H and O–H groups in total. The summed E-state index contributed by atoms with van der Waals surface area (Å²) in [7, 11) is 1.61. The van der Waals surface area contributed by atoms with Crippen molar-refractivity contribution in [3.8, 4) is 17.2 Å². The minimum Gasteiger partial charge on any atom is -0.497 e. The van der Waals surface area contributed by atoms with Crippen LogP contribution in [0.4, 0.5) is 18.9 Å². The van der Waals surface area contributed by atoms with Gasteiger partial charge in [0, 0.05) is 25.9 Å². The molecule has 5 aromatic carbocycles. The van der Waals surface area contributed by atoms with E-state index in [0.29, 0.717) is 36.8 Å². The molecule has 0 saturated carbocycles. The molecule has 5 aromatic rings. The van der Waals surface area contributed by atoms with E-state index >= 15 is 0 Å². The van der Waals surface area contributed by atoms with Crippen LogP contribution in [-0.2, 0) is 34.0 Å². The number of carbonyl (C=O) groups is 3. The van der Waals surface area contributed by atoms with Crippen molar-refractivity contribution in [1.82, 2.24) is 5.32 Å². The monoisotopic (exact) mass is 687 g/mol. The molecule has 5 rings (SSSR count). The predicted molar refractivity (Wildman–Crippen MR) is 184 cm³/mol. The van der Waals surface area contributed by atoms with Crippen LogP contribution in [0.25, 0.3) is 10.8 Å². The molecule has 50 heavy (non-hydrogen) atoms. The van der Waals surface area contributed by atoms with Crippen molar-refractivity contribution in [2.24, 2.45) is 5.73 Å². The molecule has 0 aliphatic carbocycles. The average molecular weight is 688 g/mol. The normalized spacial score (nSPS) is 10.8. The van der Waals surface area contributed by atoms with Crippen molar-refractivity contribution in [3.63, 3.8) is 0 Å². The third kappa shape index (κ3) is 10.6. The summed E-state index contributed by atoms with van der Waals surface area (Å²) in [5.74, 6) is -1.22. The lowest BCUT2D eigenvalue weighted by Gasteiger charge is -2.26. The molecule has 0 aliphatic heterocycles. The Morgan fingerprint density at radius 1 is 0.800 bits per heavy atom. The second kappa shape index (κ2) is 17.5. The second-order valence-corrected chi connectivity index (χ2v) is 11.0. The van der Waals surface area contributed by atoms with Gasteiger partial charge in [0.1, 0.15) is 11.5 Å². The lowest BCUT2D eigenvalue weighted by atomic mass is 10.0. The van der Waals surface area contributed by atoms with Crippen LogP contribution in [-0.4, -0.2) is 36.2 Å². The number of aliphatic carboxylic acids is 1. The minimum absolute atomic E-state index is 0.0379. The number of nitrogens with zero attached hydrogens (tertiary/aromatic N) is 1. The van der Waals surface area contributed by atoms with Gasteiger partial charge in [-0.3, -0.25) is 9.59 Å². The number of anilines is 1. The van der Waals surface area contributed by atoms with Gasteiger partial charge in [-0.1, -0.05) is 78.9 Å².